The number of methoxy groups -OCH3 is 1. The molecule has 0 aliphatic rings. The number of carbonyl (C=O) groups is 1. The Morgan fingerprint density at radius 3 is 2.53 bits per heavy atom. The molecule has 0 spiro atoms. The number of ether oxygens (including phenoxy) is 2. The van der Waals surface area contributed by atoms with Gasteiger partial charge in [-0.2, -0.15) is 0 Å². The van der Waals surface area contributed by atoms with E-state index in [1.807, 2.05) is 0 Å². The van der Waals surface area contributed by atoms with Gasteiger partial charge in [-0.25, -0.2) is 0 Å². The van der Waals surface area contributed by atoms with Crippen LogP contribution in [0.1, 0.15) is 21.8 Å². The molecule has 2 aromatic rings. The second-order valence-corrected chi connectivity index (χ2v) is 3.89. The van der Waals surface area contributed by atoms with Gasteiger partial charge in [-0.15, -0.1) is 0 Å². The fourth-order valence-corrected chi connectivity index (χ4v) is 1.58. The summed E-state index contributed by atoms with van der Waals surface area (Å²) in [6.07, 6.45) is 0. The van der Waals surface area contributed by atoms with Gasteiger partial charge in [0.25, 0.3) is 5.91 Å². The van der Waals surface area contributed by atoms with Crippen LogP contribution >= 0.6 is 0 Å². The first-order chi connectivity index (χ1) is 9.11. The van der Waals surface area contributed by atoms with Gasteiger partial charge in [0.15, 0.2) is 5.69 Å². The van der Waals surface area contributed by atoms with Gasteiger partial charge >= 0.3 is 0 Å². The normalized spacial score (nSPS) is 10.2. The number of aromatic nitrogens is 1. The van der Waals surface area contributed by atoms with Gasteiger partial charge < -0.3 is 19.7 Å². The minimum atomic E-state index is -0.634. The standard InChI is InChI=1S/C13H14N2O4/c1-8-11(12(13(14)16)15-19-8)7-18-10-5-3-9(17-2)4-6-10/h3-6H,7H2,1-2H3,(H2,14,16). The van der Waals surface area contributed by atoms with Crippen LogP contribution in [0.25, 0.3) is 0 Å². The molecule has 0 unspecified atom stereocenters. The van der Waals surface area contributed by atoms with Gasteiger partial charge in [0, 0.05) is 0 Å². The molecule has 2 rings (SSSR count). The minimum Gasteiger partial charge on any atom is -0.497 e. The monoisotopic (exact) mass is 262 g/mol. The molecule has 19 heavy (non-hydrogen) atoms. The second kappa shape index (κ2) is 5.43. The van der Waals surface area contributed by atoms with E-state index >= 15 is 0 Å². The van der Waals surface area contributed by atoms with E-state index in [-0.39, 0.29) is 12.3 Å². The van der Waals surface area contributed by atoms with Crippen LogP contribution in [0.3, 0.4) is 0 Å². The Morgan fingerprint density at radius 2 is 1.95 bits per heavy atom. The van der Waals surface area contributed by atoms with Crippen molar-refractivity contribution in [1.29, 1.82) is 0 Å². The number of nitrogens with two attached hydrogens (primary N) is 1. The third-order valence-electron chi connectivity index (χ3n) is 2.66. The molecule has 0 bridgehead atoms. The predicted octanol–water partition coefficient (Wildman–Crippen LogP) is 1.67. The van der Waals surface area contributed by atoms with Crippen LogP contribution in [-0.2, 0) is 6.61 Å². The molecule has 6 heteroatoms. The number of primary amides is 1. The fraction of sp³-hybridized carbons (Fsp3) is 0.231. The molecular formula is C13H14N2O4. The van der Waals surface area contributed by atoms with Crippen LogP contribution in [0, 0.1) is 6.92 Å². The predicted molar refractivity (Wildman–Crippen MR) is 67.1 cm³/mol. The number of hydrogen-bond acceptors (Lipinski definition) is 5. The quantitative estimate of drug-likeness (QED) is 0.885. The molecule has 0 aliphatic carbocycles. The Morgan fingerprint density at radius 1 is 1.32 bits per heavy atom. The molecule has 1 aromatic heterocycles. The van der Waals surface area contributed by atoms with Crippen molar-refractivity contribution in [3.63, 3.8) is 0 Å². The molecule has 2 N–H and O–H groups in total. The van der Waals surface area contributed by atoms with E-state index in [0.717, 1.165) is 5.75 Å². The molecule has 1 heterocycles. The first-order valence-corrected chi connectivity index (χ1v) is 5.63. The van der Waals surface area contributed by atoms with Crippen LogP contribution in [-0.4, -0.2) is 18.2 Å². The lowest BCUT2D eigenvalue weighted by Gasteiger charge is -2.06. The maximum absolute atomic E-state index is 11.2. The molecule has 0 fully saturated rings. The fourth-order valence-electron chi connectivity index (χ4n) is 1.58. The molecule has 1 aromatic carbocycles. The van der Waals surface area contributed by atoms with E-state index in [1.165, 1.54) is 0 Å². The van der Waals surface area contributed by atoms with Crippen LogP contribution < -0.4 is 15.2 Å². The zero-order chi connectivity index (χ0) is 13.8. The van der Waals surface area contributed by atoms with Crippen LogP contribution in [0.5, 0.6) is 11.5 Å². The zero-order valence-corrected chi connectivity index (χ0v) is 10.7. The number of rotatable bonds is 5. The van der Waals surface area contributed by atoms with Crippen LogP contribution in [0.15, 0.2) is 28.8 Å². The average molecular weight is 262 g/mol. The van der Waals surface area contributed by atoms with E-state index in [9.17, 15) is 4.79 Å². The first kappa shape index (κ1) is 12.9. The number of nitrogens with zero attached hydrogens (tertiary/aromatic N) is 1. The summed E-state index contributed by atoms with van der Waals surface area (Å²) < 4.78 is 15.5. The summed E-state index contributed by atoms with van der Waals surface area (Å²) in [7, 11) is 1.59. The number of hydrogen-bond donors (Lipinski definition) is 1. The Bertz CT molecular complexity index is 575. The summed E-state index contributed by atoms with van der Waals surface area (Å²) >= 11 is 0. The van der Waals surface area contributed by atoms with E-state index < -0.39 is 5.91 Å². The maximum Gasteiger partial charge on any atom is 0.271 e. The number of amides is 1. The molecular weight excluding hydrogens is 248 g/mol. The zero-order valence-electron chi connectivity index (χ0n) is 10.7. The molecule has 0 atom stereocenters. The lowest BCUT2D eigenvalue weighted by atomic mass is 10.2. The van der Waals surface area contributed by atoms with Gasteiger partial charge in [0.05, 0.1) is 12.7 Å². The van der Waals surface area contributed by atoms with Crippen molar-refractivity contribution in [1.82, 2.24) is 5.16 Å². The van der Waals surface area contributed by atoms with Crippen LogP contribution in [0.4, 0.5) is 0 Å². The van der Waals surface area contributed by atoms with Crippen LogP contribution in [0.2, 0.25) is 0 Å². The van der Waals surface area contributed by atoms with E-state index in [4.69, 9.17) is 19.7 Å². The summed E-state index contributed by atoms with van der Waals surface area (Å²) in [6, 6.07) is 7.10. The molecule has 0 radical (unpaired) electrons. The Labute approximate surface area is 110 Å². The first-order valence-electron chi connectivity index (χ1n) is 5.63. The Balaban J connectivity index is 2.09. The SMILES string of the molecule is COc1ccc(OCc2c(C(N)=O)noc2C)cc1. The van der Waals surface area contributed by atoms with Gasteiger partial charge in [-0.1, -0.05) is 5.16 Å². The summed E-state index contributed by atoms with van der Waals surface area (Å²) in [4.78, 5) is 11.2. The third kappa shape index (κ3) is 2.85. The van der Waals surface area contributed by atoms with E-state index in [0.29, 0.717) is 17.1 Å². The highest BCUT2D eigenvalue weighted by atomic mass is 16.5. The smallest absolute Gasteiger partial charge is 0.271 e. The maximum atomic E-state index is 11.2. The molecule has 6 nitrogen and oxygen atoms in total. The highest BCUT2D eigenvalue weighted by molar-refractivity contribution is 5.92. The van der Waals surface area contributed by atoms with Gasteiger partial charge in [0.1, 0.15) is 23.9 Å². The van der Waals surface area contributed by atoms with Crippen molar-refractivity contribution >= 4 is 5.91 Å². The van der Waals surface area contributed by atoms with E-state index in [1.54, 1.807) is 38.3 Å². The van der Waals surface area contributed by atoms with Gasteiger partial charge in [-0.05, 0) is 31.2 Å². The van der Waals surface area contributed by atoms with Crippen molar-refractivity contribution < 1.29 is 18.8 Å². The largest absolute Gasteiger partial charge is 0.497 e. The summed E-state index contributed by atoms with van der Waals surface area (Å²) in [5.41, 5.74) is 5.86. The van der Waals surface area contributed by atoms with Crippen molar-refractivity contribution in [3.05, 3.63) is 41.3 Å². The number of benzene rings is 1. The number of carbonyl (C=O) groups excluding carboxylic acids is 1. The summed E-state index contributed by atoms with van der Waals surface area (Å²) in [6.45, 7) is 1.87. The topological polar surface area (TPSA) is 87.6 Å². The average Bonchev–Trinajstić information content (AvgIpc) is 2.78. The molecule has 100 valence electrons. The molecule has 1 amide bonds. The summed E-state index contributed by atoms with van der Waals surface area (Å²) in [5.74, 6) is 1.27. The Hall–Kier alpha value is -2.50. The molecule has 0 aliphatic heterocycles. The number of aryl methyl sites for hydroxylation is 1. The van der Waals surface area contributed by atoms with Gasteiger partial charge in [0.2, 0.25) is 0 Å². The minimum absolute atomic E-state index is 0.103. The van der Waals surface area contributed by atoms with Crippen molar-refractivity contribution in [2.45, 2.75) is 13.5 Å². The van der Waals surface area contributed by atoms with E-state index in [2.05, 4.69) is 5.16 Å². The van der Waals surface area contributed by atoms with Crippen molar-refractivity contribution in [2.24, 2.45) is 5.73 Å². The lowest BCUT2D eigenvalue weighted by molar-refractivity contribution is 0.0989. The lowest BCUT2D eigenvalue weighted by Crippen LogP contribution is -2.14. The third-order valence-corrected chi connectivity index (χ3v) is 2.66. The summed E-state index contributed by atoms with van der Waals surface area (Å²) in [5, 5.41) is 3.61. The second-order valence-electron chi connectivity index (χ2n) is 3.89. The van der Waals surface area contributed by atoms with Gasteiger partial charge in [-0.3, -0.25) is 4.79 Å². The van der Waals surface area contributed by atoms with Crippen molar-refractivity contribution in [2.75, 3.05) is 7.11 Å². The highest BCUT2D eigenvalue weighted by Gasteiger charge is 2.17. The van der Waals surface area contributed by atoms with Crippen molar-refractivity contribution in [3.8, 4) is 11.5 Å². The molecule has 0 saturated heterocycles. The Kier molecular flexibility index (Phi) is 3.70. The molecule has 0 saturated carbocycles. The highest BCUT2D eigenvalue weighted by Crippen LogP contribution is 2.20.